The average molecular weight is 551 g/mol. The molecule has 10 aromatic rings. The lowest BCUT2D eigenvalue weighted by molar-refractivity contribution is 0.620. The van der Waals surface area contributed by atoms with E-state index in [4.69, 9.17) is 13.8 Å². The van der Waals surface area contributed by atoms with Crippen molar-refractivity contribution in [3.63, 3.8) is 0 Å². The fourth-order valence-electron chi connectivity index (χ4n) is 6.93. The van der Waals surface area contributed by atoms with Gasteiger partial charge in [-0.2, -0.15) is 0 Å². The molecular formula is C39H22N2O2. The first kappa shape index (κ1) is 22.8. The van der Waals surface area contributed by atoms with Crippen LogP contribution in [-0.4, -0.2) is 9.55 Å². The smallest absolute Gasteiger partial charge is 0.227 e. The summed E-state index contributed by atoms with van der Waals surface area (Å²) in [5.74, 6) is 0.607. The van der Waals surface area contributed by atoms with Gasteiger partial charge in [0.25, 0.3) is 0 Å². The van der Waals surface area contributed by atoms with E-state index >= 15 is 0 Å². The van der Waals surface area contributed by atoms with Gasteiger partial charge in [0.2, 0.25) is 5.89 Å². The van der Waals surface area contributed by atoms with E-state index in [0.29, 0.717) is 5.89 Å². The van der Waals surface area contributed by atoms with Gasteiger partial charge in [-0.3, -0.25) is 0 Å². The first-order chi connectivity index (χ1) is 21.3. The van der Waals surface area contributed by atoms with Gasteiger partial charge >= 0.3 is 0 Å². The molecule has 0 saturated heterocycles. The highest BCUT2D eigenvalue weighted by Crippen LogP contribution is 2.43. The number of hydrogen-bond donors (Lipinski definition) is 0. The Labute approximate surface area is 245 Å². The van der Waals surface area contributed by atoms with Crippen molar-refractivity contribution in [1.82, 2.24) is 9.55 Å². The number of nitrogens with zero attached hydrogens (tertiary/aromatic N) is 2. The van der Waals surface area contributed by atoms with Crippen LogP contribution in [0.1, 0.15) is 0 Å². The molecule has 3 heterocycles. The Balaban J connectivity index is 1.30. The summed E-state index contributed by atoms with van der Waals surface area (Å²) in [6, 6.07) is 46.7. The number of furan rings is 1. The molecule has 3 aromatic heterocycles. The largest absolute Gasteiger partial charge is 0.456 e. The van der Waals surface area contributed by atoms with Gasteiger partial charge in [0, 0.05) is 38.6 Å². The second-order valence-electron chi connectivity index (χ2n) is 11.1. The molecule has 0 aliphatic rings. The van der Waals surface area contributed by atoms with E-state index in [2.05, 4.69) is 102 Å². The number of hydrogen-bond acceptors (Lipinski definition) is 3. The molecule has 0 unspecified atom stereocenters. The molecule has 10 rings (SSSR count). The zero-order valence-electron chi connectivity index (χ0n) is 22.9. The van der Waals surface area contributed by atoms with Crippen molar-refractivity contribution in [2.45, 2.75) is 0 Å². The SMILES string of the molecule is c1ccc2c(c1)ccc1c2c2ccccc2n1-c1cc2oc3ccc(-c4nc5ccccc5o4)cc3c2c2ccccc12. The quantitative estimate of drug-likeness (QED) is 0.215. The third-order valence-corrected chi connectivity index (χ3v) is 8.80. The van der Waals surface area contributed by atoms with Crippen molar-refractivity contribution < 1.29 is 8.83 Å². The van der Waals surface area contributed by atoms with Crippen LogP contribution in [-0.2, 0) is 0 Å². The Bertz CT molecular complexity index is 2710. The first-order valence-electron chi connectivity index (χ1n) is 14.5. The minimum absolute atomic E-state index is 0.607. The van der Waals surface area contributed by atoms with Crippen LogP contribution in [0, 0.1) is 0 Å². The Hall–Kier alpha value is -5.87. The minimum Gasteiger partial charge on any atom is -0.456 e. The van der Waals surface area contributed by atoms with Crippen LogP contribution >= 0.6 is 0 Å². The van der Waals surface area contributed by atoms with Crippen LogP contribution in [0.2, 0.25) is 0 Å². The van der Waals surface area contributed by atoms with E-state index in [1.54, 1.807) is 0 Å². The number of rotatable bonds is 2. The molecule has 0 atom stereocenters. The van der Waals surface area contributed by atoms with Crippen LogP contribution in [0.3, 0.4) is 0 Å². The van der Waals surface area contributed by atoms with Crippen molar-refractivity contribution >= 4 is 76.4 Å². The van der Waals surface area contributed by atoms with Crippen molar-refractivity contribution in [3.8, 4) is 17.1 Å². The number of aromatic nitrogens is 2. The second kappa shape index (κ2) is 8.34. The molecule has 0 N–H and O–H groups in total. The number of oxazole rings is 1. The maximum absolute atomic E-state index is 6.58. The fourth-order valence-corrected chi connectivity index (χ4v) is 6.93. The van der Waals surface area contributed by atoms with Crippen molar-refractivity contribution in [3.05, 3.63) is 133 Å². The Morgan fingerprint density at radius 1 is 0.465 bits per heavy atom. The van der Waals surface area contributed by atoms with E-state index in [-0.39, 0.29) is 0 Å². The molecule has 43 heavy (non-hydrogen) atoms. The van der Waals surface area contributed by atoms with Crippen LogP contribution in [0.4, 0.5) is 0 Å². The summed E-state index contributed by atoms with van der Waals surface area (Å²) < 4.78 is 15.1. The molecule has 4 nitrogen and oxygen atoms in total. The molecule has 0 radical (unpaired) electrons. The molecule has 0 aliphatic heterocycles. The van der Waals surface area contributed by atoms with Crippen LogP contribution in [0.25, 0.3) is 93.5 Å². The summed E-state index contributed by atoms with van der Waals surface area (Å²) >= 11 is 0. The molecule has 4 heteroatoms. The molecule has 0 spiro atoms. The van der Waals surface area contributed by atoms with Crippen LogP contribution in [0.15, 0.2) is 142 Å². The maximum atomic E-state index is 6.58. The van der Waals surface area contributed by atoms with E-state index in [1.807, 2.05) is 36.4 Å². The maximum Gasteiger partial charge on any atom is 0.227 e. The summed E-state index contributed by atoms with van der Waals surface area (Å²) in [6.45, 7) is 0. The molecule has 0 saturated carbocycles. The summed E-state index contributed by atoms with van der Waals surface area (Å²) in [5, 5.41) is 9.47. The highest BCUT2D eigenvalue weighted by atomic mass is 16.3. The third-order valence-electron chi connectivity index (χ3n) is 8.80. The van der Waals surface area contributed by atoms with E-state index in [9.17, 15) is 0 Å². The van der Waals surface area contributed by atoms with Gasteiger partial charge in [-0.1, -0.05) is 84.9 Å². The van der Waals surface area contributed by atoms with Crippen molar-refractivity contribution in [2.24, 2.45) is 0 Å². The number of para-hydroxylation sites is 3. The number of fused-ring (bicyclic) bond motifs is 11. The Morgan fingerprint density at radius 3 is 2.14 bits per heavy atom. The molecule has 0 fully saturated rings. The third kappa shape index (κ3) is 3.12. The van der Waals surface area contributed by atoms with Crippen molar-refractivity contribution in [2.75, 3.05) is 0 Å². The lowest BCUT2D eigenvalue weighted by Gasteiger charge is -2.13. The van der Waals surface area contributed by atoms with Crippen LogP contribution < -0.4 is 0 Å². The normalized spacial score (nSPS) is 12.2. The molecule has 7 aromatic carbocycles. The fraction of sp³-hybridized carbons (Fsp3) is 0. The van der Waals surface area contributed by atoms with Gasteiger partial charge in [0.05, 0.1) is 16.7 Å². The number of benzene rings is 7. The summed E-state index contributed by atoms with van der Waals surface area (Å²) in [5.41, 5.74) is 7.70. The molecule has 200 valence electrons. The average Bonchev–Trinajstić information content (AvgIpc) is 3.75. The predicted molar refractivity (Wildman–Crippen MR) is 176 cm³/mol. The molecular weight excluding hydrogens is 528 g/mol. The van der Waals surface area contributed by atoms with Crippen molar-refractivity contribution in [1.29, 1.82) is 0 Å². The van der Waals surface area contributed by atoms with Gasteiger partial charge in [-0.25, -0.2) is 4.98 Å². The van der Waals surface area contributed by atoms with Gasteiger partial charge < -0.3 is 13.4 Å². The molecule has 0 bridgehead atoms. The van der Waals surface area contributed by atoms with Gasteiger partial charge in [-0.15, -0.1) is 0 Å². The first-order valence-corrected chi connectivity index (χ1v) is 14.5. The zero-order valence-corrected chi connectivity index (χ0v) is 22.9. The standard InChI is InChI=1S/C39H22N2O2/c1-2-10-25-23(9-1)17-19-32-37(25)28-13-5-7-15-31(28)41(32)33-22-36-38(27-12-4-3-11-26(27)33)29-21-24(18-20-34(29)42-36)39-40-30-14-6-8-16-35(30)43-39/h1-22H. The lowest BCUT2D eigenvalue weighted by atomic mass is 10.0. The highest BCUT2D eigenvalue weighted by molar-refractivity contribution is 6.24. The highest BCUT2D eigenvalue weighted by Gasteiger charge is 2.20. The minimum atomic E-state index is 0.607. The van der Waals surface area contributed by atoms with Gasteiger partial charge in [0.1, 0.15) is 16.7 Å². The predicted octanol–water partition coefficient (Wildman–Crippen LogP) is 10.8. The summed E-state index contributed by atoms with van der Waals surface area (Å²) in [7, 11) is 0. The molecule has 0 amide bonds. The van der Waals surface area contributed by atoms with E-state index in [0.717, 1.165) is 49.7 Å². The van der Waals surface area contributed by atoms with Gasteiger partial charge in [0.15, 0.2) is 5.58 Å². The van der Waals surface area contributed by atoms with Crippen LogP contribution in [0.5, 0.6) is 0 Å². The topological polar surface area (TPSA) is 44.1 Å². The summed E-state index contributed by atoms with van der Waals surface area (Å²) in [6.07, 6.45) is 0. The zero-order chi connectivity index (χ0) is 28.1. The van der Waals surface area contributed by atoms with Gasteiger partial charge in [-0.05, 0) is 58.6 Å². The Kier molecular flexibility index (Phi) is 4.42. The van der Waals surface area contributed by atoms with E-state index in [1.165, 1.54) is 38.0 Å². The second-order valence-corrected chi connectivity index (χ2v) is 11.1. The van der Waals surface area contributed by atoms with E-state index < -0.39 is 0 Å². The monoisotopic (exact) mass is 550 g/mol. The molecule has 0 aliphatic carbocycles. The Morgan fingerprint density at radius 2 is 1.23 bits per heavy atom. The lowest BCUT2D eigenvalue weighted by Crippen LogP contribution is -1.95. The summed E-state index contributed by atoms with van der Waals surface area (Å²) in [4.78, 5) is 4.74.